The first-order valence-corrected chi connectivity index (χ1v) is 4.34. The van der Waals surface area contributed by atoms with Gasteiger partial charge in [-0.05, 0) is 13.8 Å². The largest absolute Gasteiger partial charge is 0.412 e. The summed E-state index contributed by atoms with van der Waals surface area (Å²) in [5.41, 5.74) is 0. The summed E-state index contributed by atoms with van der Waals surface area (Å²) < 4.78 is 31.6. The van der Waals surface area contributed by atoms with E-state index in [0.29, 0.717) is 0 Å². The third kappa shape index (κ3) is 80.2. The molecule has 8 nitrogen and oxygen atoms in total. The van der Waals surface area contributed by atoms with E-state index in [2.05, 4.69) is 5.32 Å². The maximum Gasteiger partial charge on any atom is 0.394 e. The molecule has 0 aromatic carbocycles. The second-order valence-electron chi connectivity index (χ2n) is 1.97. The van der Waals surface area contributed by atoms with Crippen LogP contribution in [0.4, 0.5) is 0 Å². The Kier molecular flexibility index (Phi) is 11.8. The van der Waals surface area contributed by atoms with Gasteiger partial charge in [0.15, 0.2) is 0 Å². The zero-order chi connectivity index (χ0) is 10.4. The van der Waals surface area contributed by atoms with Gasteiger partial charge < -0.3 is 15.7 Å². The van der Waals surface area contributed by atoms with Gasteiger partial charge in [-0.3, -0.25) is 14.4 Å². The highest BCUT2D eigenvalue weighted by Crippen LogP contribution is 1.74. The predicted molar refractivity (Wildman–Crippen MR) is 44.3 cm³/mol. The molecule has 0 spiro atoms. The van der Waals surface area contributed by atoms with Crippen LogP contribution in [0.15, 0.2) is 0 Å². The molecule has 0 aliphatic rings. The molecule has 0 saturated carbocycles. The van der Waals surface area contributed by atoms with Crippen molar-refractivity contribution in [3.05, 3.63) is 0 Å². The number of hydrogen-bond donors (Lipinski definition) is 5. The Hall–Kier alpha value is -0.290. The first kappa shape index (κ1) is 18.5. The third-order valence-electron chi connectivity index (χ3n) is 0.482. The highest BCUT2D eigenvalue weighted by molar-refractivity contribution is 7.79. The molecule has 2 unspecified atom stereocenters. The normalized spacial score (nSPS) is 14.6. The number of hydrogen-bond acceptors (Lipinski definition) is 5. The summed E-state index contributed by atoms with van der Waals surface area (Å²) in [6.07, 6.45) is -1.25. The Bertz CT molecular complexity index is 173. The van der Waals surface area contributed by atoms with Crippen LogP contribution in [0.1, 0.15) is 13.8 Å². The summed E-state index contributed by atoms with van der Waals surface area (Å²) in [5, 5.41) is 19.3. The molecule has 7 N–H and O–H groups in total. The topological polar surface area (TPSA) is 159 Å². The molecule has 84 valence electrons. The number of nitrogens with one attached hydrogen (secondary N) is 1. The highest BCUT2D eigenvalue weighted by atomic mass is 32.3. The van der Waals surface area contributed by atoms with Gasteiger partial charge in [0.2, 0.25) is 0 Å². The van der Waals surface area contributed by atoms with E-state index in [9.17, 15) is 0 Å². The molecule has 0 radical (unpaired) electrons. The summed E-state index contributed by atoms with van der Waals surface area (Å²) in [5.74, 6) is 0. The van der Waals surface area contributed by atoms with Crippen molar-refractivity contribution < 1.29 is 33.2 Å². The van der Waals surface area contributed by atoms with Crippen molar-refractivity contribution in [3.8, 4) is 0 Å². The minimum absolute atomic E-state index is 0. The molecule has 0 bridgehead atoms. The molecule has 2 atom stereocenters. The van der Waals surface area contributed by atoms with Crippen molar-refractivity contribution in [2.24, 2.45) is 0 Å². The summed E-state index contributed by atoms with van der Waals surface area (Å²) >= 11 is 0. The molecule has 0 heterocycles. The minimum Gasteiger partial charge on any atom is -0.412 e. The molecule has 0 amide bonds. The van der Waals surface area contributed by atoms with E-state index < -0.39 is 22.9 Å². The second kappa shape index (κ2) is 8.31. The lowest BCUT2D eigenvalue weighted by Gasteiger charge is -2.08. The number of rotatable bonds is 2. The fourth-order valence-corrected chi connectivity index (χ4v) is 0.349. The van der Waals surface area contributed by atoms with Crippen LogP contribution in [-0.2, 0) is 10.4 Å². The molecule has 0 fully saturated rings. The van der Waals surface area contributed by atoms with Gasteiger partial charge in [0.1, 0.15) is 12.5 Å². The summed E-state index contributed by atoms with van der Waals surface area (Å²) in [4.78, 5) is 0. The fourth-order valence-electron chi connectivity index (χ4n) is 0.349. The van der Waals surface area contributed by atoms with E-state index in [4.69, 9.17) is 27.7 Å². The molecule has 0 aliphatic heterocycles. The quantitative estimate of drug-likeness (QED) is 0.260. The standard InChI is InChI=1S/C4H11NO2.H2O4S.H2O/c1-3(6)5-4(2)7;1-5(2,3)4;/h3-7H,1-2H3;(H2,1,2,3,4);1H2. The van der Waals surface area contributed by atoms with Crippen LogP contribution in [0, 0.1) is 0 Å². The van der Waals surface area contributed by atoms with Gasteiger partial charge in [0.05, 0.1) is 0 Å². The molecule has 0 rings (SSSR count). The Labute approximate surface area is 76.1 Å². The molecule has 0 saturated heterocycles. The predicted octanol–water partition coefficient (Wildman–Crippen LogP) is -2.22. The zero-order valence-electron chi connectivity index (χ0n) is 7.17. The summed E-state index contributed by atoms with van der Waals surface area (Å²) in [7, 11) is -4.67. The summed E-state index contributed by atoms with van der Waals surface area (Å²) in [6.45, 7) is 3.10. The fraction of sp³-hybridized carbons (Fsp3) is 1.00. The van der Waals surface area contributed by atoms with E-state index in [-0.39, 0.29) is 5.48 Å². The van der Waals surface area contributed by atoms with Crippen LogP contribution in [0.5, 0.6) is 0 Å². The highest BCUT2D eigenvalue weighted by Gasteiger charge is 1.95. The van der Waals surface area contributed by atoms with E-state index in [1.54, 1.807) is 13.8 Å². The van der Waals surface area contributed by atoms with Gasteiger partial charge in [-0.15, -0.1) is 0 Å². The van der Waals surface area contributed by atoms with Crippen LogP contribution in [0.25, 0.3) is 0 Å². The third-order valence-corrected chi connectivity index (χ3v) is 0.482. The molecule has 13 heavy (non-hydrogen) atoms. The van der Waals surface area contributed by atoms with Crippen LogP contribution in [0.2, 0.25) is 0 Å². The van der Waals surface area contributed by atoms with Gasteiger partial charge in [0.25, 0.3) is 0 Å². The lowest BCUT2D eigenvalue weighted by molar-refractivity contribution is 0.0632. The lowest BCUT2D eigenvalue weighted by Crippen LogP contribution is -2.33. The number of aliphatic hydroxyl groups is 2. The van der Waals surface area contributed by atoms with E-state index in [1.165, 1.54) is 0 Å². The van der Waals surface area contributed by atoms with Crippen molar-refractivity contribution in [3.63, 3.8) is 0 Å². The summed E-state index contributed by atoms with van der Waals surface area (Å²) in [6, 6.07) is 0. The van der Waals surface area contributed by atoms with Crippen LogP contribution < -0.4 is 5.32 Å². The Balaban J connectivity index is -0.000000150. The van der Waals surface area contributed by atoms with Crippen LogP contribution in [-0.4, -0.2) is 45.7 Å². The van der Waals surface area contributed by atoms with Crippen molar-refractivity contribution in [2.45, 2.75) is 26.3 Å². The zero-order valence-corrected chi connectivity index (χ0v) is 7.98. The Morgan fingerprint density at radius 2 is 1.23 bits per heavy atom. The molecule has 0 aliphatic carbocycles. The minimum atomic E-state index is -4.67. The van der Waals surface area contributed by atoms with E-state index in [0.717, 1.165) is 0 Å². The van der Waals surface area contributed by atoms with Gasteiger partial charge in [-0.2, -0.15) is 8.42 Å². The molecule has 9 heteroatoms. The van der Waals surface area contributed by atoms with Crippen molar-refractivity contribution >= 4 is 10.4 Å². The monoisotopic (exact) mass is 221 g/mol. The van der Waals surface area contributed by atoms with Gasteiger partial charge >= 0.3 is 10.4 Å². The van der Waals surface area contributed by atoms with Crippen LogP contribution in [0.3, 0.4) is 0 Å². The van der Waals surface area contributed by atoms with Crippen molar-refractivity contribution in [1.29, 1.82) is 0 Å². The average Bonchev–Trinajstić information content (AvgIpc) is 1.52. The van der Waals surface area contributed by atoms with Crippen molar-refractivity contribution in [2.75, 3.05) is 0 Å². The van der Waals surface area contributed by atoms with Crippen molar-refractivity contribution in [1.82, 2.24) is 5.32 Å². The molecular formula is C4H15NO7S. The molecule has 0 aromatic rings. The maximum absolute atomic E-state index is 8.74. The van der Waals surface area contributed by atoms with Gasteiger partial charge in [-0.1, -0.05) is 0 Å². The smallest absolute Gasteiger partial charge is 0.394 e. The Morgan fingerprint density at radius 1 is 1.08 bits per heavy atom. The maximum atomic E-state index is 8.74. The van der Waals surface area contributed by atoms with E-state index >= 15 is 0 Å². The number of aliphatic hydroxyl groups excluding tert-OH is 2. The first-order chi connectivity index (χ1) is 5.13. The first-order valence-electron chi connectivity index (χ1n) is 2.95. The van der Waals surface area contributed by atoms with Crippen LogP contribution >= 0.6 is 0 Å². The SMILES string of the molecule is CC(O)NC(C)O.O.O=S(=O)(O)O. The molecular weight excluding hydrogens is 206 g/mol. The van der Waals surface area contributed by atoms with Gasteiger partial charge in [-0.25, -0.2) is 0 Å². The molecule has 0 aromatic heterocycles. The van der Waals surface area contributed by atoms with E-state index in [1.807, 2.05) is 0 Å². The second-order valence-corrected chi connectivity index (χ2v) is 2.86. The average molecular weight is 221 g/mol. The lowest BCUT2D eigenvalue weighted by atomic mass is 10.6. The Morgan fingerprint density at radius 3 is 1.23 bits per heavy atom. The van der Waals surface area contributed by atoms with Gasteiger partial charge in [0, 0.05) is 0 Å².